The van der Waals surface area contributed by atoms with E-state index in [9.17, 15) is 4.79 Å². The molecule has 0 aliphatic carbocycles. The maximum atomic E-state index is 12.4. The molecule has 1 atom stereocenters. The molecular formula is C16H20N4OS. The van der Waals surface area contributed by atoms with E-state index in [0.717, 1.165) is 30.9 Å². The quantitative estimate of drug-likeness (QED) is 0.941. The van der Waals surface area contributed by atoms with Crippen molar-refractivity contribution in [2.45, 2.75) is 39.3 Å². The van der Waals surface area contributed by atoms with Gasteiger partial charge in [-0.1, -0.05) is 42.5 Å². The molecule has 0 fully saturated rings. The second-order valence-electron chi connectivity index (χ2n) is 5.51. The van der Waals surface area contributed by atoms with Gasteiger partial charge in [0.1, 0.15) is 5.01 Å². The van der Waals surface area contributed by atoms with Crippen LogP contribution in [-0.2, 0) is 24.2 Å². The Kier molecular flexibility index (Phi) is 4.49. The minimum atomic E-state index is -0.178. The molecule has 1 aliphatic heterocycles. The van der Waals surface area contributed by atoms with Crippen LogP contribution in [0.2, 0.25) is 0 Å². The van der Waals surface area contributed by atoms with E-state index >= 15 is 0 Å². The average Bonchev–Trinajstić information content (AvgIpc) is 3.01. The van der Waals surface area contributed by atoms with Crippen molar-refractivity contribution < 1.29 is 4.79 Å². The molecule has 0 bridgehead atoms. The fourth-order valence-corrected chi connectivity index (χ4v) is 3.35. The second kappa shape index (κ2) is 6.54. The zero-order valence-corrected chi connectivity index (χ0v) is 13.7. The van der Waals surface area contributed by atoms with Crippen molar-refractivity contribution in [2.75, 3.05) is 11.9 Å². The lowest BCUT2D eigenvalue weighted by molar-refractivity contribution is -0.121. The molecule has 0 spiro atoms. The summed E-state index contributed by atoms with van der Waals surface area (Å²) in [7, 11) is 0. The van der Waals surface area contributed by atoms with Crippen LogP contribution in [0.15, 0.2) is 24.3 Å². The Morgan fingerprint density at radius 3 is 2.86 bits per heavy atom. The Bertz CT molecular complexity index is 670. The molecule has 1 N–H and O–H groups in total. The molecule has 1 aromatic heterocycles. The minimum Gasteiger partial charge on any atom is -0.299 e. The Labute approximate surface area is 134 Å². The first kappa shape index (κ1) is 15.1. The third-order valence-electron chi connectivity index (χ3n) is 4.09. The van der Waals surface area contributed by atoms with Crippen molar-refractivity contribution in [3.8, 4) is 0 Å². The van der Waals surface area contributed by atoms with Crippen LogP contribution in [0.5, 0.6) is 0 Å². The highest BCUT2D eigenvalue weighted by Gasteiger charge is 2.25. The summed E-state index contributed by atoms with van der Waals surface area (Å²) in [6.45, 7) is 5.70. The van der Waals surface area contributed by atoms with E-state index in [1.165, 1.54) is 22.5 Å². The number of nitrogens with one attached hydrogen (secondary N) is 1. The Morgan fingerprint density at radius 2 is 2.14 bits per heavy atom. The molecule has 5 nitrogen and oxygen atoms in total. The number of hydrogen-bond acceptors (Lipinski definition) is 5. The Hall–Kier alpha value is -1.79. The number of nitrogens with zero attached hydrogens (tertiary/aromatic N) is 3. The van der Waals surface area contributed by atoms with Crippen LogP contribution >= 0.6 is 11.3 Å². The number of benzene rings is 1. The van der Waals surface area contributed by atoms with Gasteiger partial charge in [0.25, 0.3) is 0 Å². The molecule has 2 aromatic rings. The van der Waals surface area contributed by atoms with Crippen LogP contribution in [0.25, 0.3) is 0 Å². The first-order chi connectivity index (χ1) is 10.7. The van der Waals surface area contributed by atoms with Gasteiger partial charge in [-0.3, -0.25) is 15.0 Å². The molecule has 0 saturated heterocycles. The Balaban J connectivity index is 1.64. The lowest BCUT2D eigenvalue weighted by Gasteiger charge is -2.32. The molecule has 1 amide bonds. The van der Waals surface area contributed by atoms with Gasteiger partial charge in [-0.05, 0) is 30.9 Å². The number of rotatable bonds is 4. The molecule has 1 aliphatic rings. The summed E-state index contributed by atoms with van der Waals surface area (Å²) in [5.41, 5.74) is 2.71. The standard InChI is InChI=1S/C16H20N4OS/c1-3-14-18-19-16(22-14)17-15(21)11(2)20-9-8-12-6-4-5-7-13(12)10-20/h4-7,11H,3,8-10H2,1-2H3,(H,17,19,21)/t11-/m1/s1. The van der Waals surface area contributed by atoms with Crippen molar-refractivity contribution in [3.05, 3.63) is 40.4 Å². The predicted molar refractivity (Wildman–Crippen MR) is 87.9 cm³/mol. The van der Waals surface area contributed by atoms with Crippen molar-refractivity contribution in [1.29, 1.82) is 0 Å². The summed E-state index contributed by atoms with van der Waals surface area (Å²) in [6.07, 6.45) is 1.83. The van der Waals surface area contributed by atoms with E-state index in [1.54, 1.807) is 0 Å². The smallest absolute Gasteiger partial charge is 0.243 e. The fourth-order valence-electron chi connectivity index (χ4n) is 2.67. The molecule has 22 heavy (non-hydrogen) atoms. The fraction of sp³-hybridized carbons (Fsp3) is 0.438. The van der Waals surface area contributed by atoms with Crippen LogP contribution in [0.1, 0.15) is 30.0 Å². The highest BCUT2D eigenvalue weighted by atomic mass is 32.1. The molecule has 1 aromatic carbocycles. The number of aromatic nitrogens is 2. The number of amides is 1. The number of anilines is 1. The largest absolute Gasteiger partial charge is 0.299 e. The van der Waals surface area contributed by atoms with Gasteiger partial charge in [0.2, 0.25) is 11.0 Å². The normalized spacial score (nSPS) is 16.1. The van der Waals surface area contributed by atoms with E-state index in [0.29, 0.717) is 5.13 Å². The minimum absolute atomic E-state index is 0.0156. The number of carbonyl (C=O) groups is 1. The van der Waals surface area contributed by atoms with Gasteiger partial charge >= 0.3 is 0 Å². The van der Waals surface area contributed by atoms with Gasteiger partial charge in [-0.25, -0.2) is 0 Å². The zero-order chi connectivity index (χ0) is 15.5. The van der Waals surface area contributed by atoms with Gasteiger partial charge in [0.05, 0.1) is 6.04 Å². The summed E-state index contributed by atoms with van der Waals surface area (Å²) < 4.78 is 0. The van der Waals surface area contributed by atoms with Gasteiger partial charge in [-0.15, -0.1) is 10.2 Å². The van der Waals surface area contributed by atoms with Crippen molar-refractivity contribution in [3.63, 3.8) is 0 Å². The van der Waals surface area contributed by atoms with Crippen molar-refractivity contribution in [2.24, 2.45) is 0 Å². The molecule has 2 heterocycles. The van der Waals surface area contributed by atoms with Crippen LogP contribution in [-0.4, -0.2) is 33.6 Å². The molecule has 0 unspecified atom stereocenters. The van der Waals surface area contributed by atoms with E-state index in [-0.39, 0.29) is 11.9 Å². The zero-order valence-electron chi connectivity index (χ0n) is 12.9. The summed E-state index contributed by atoms with van der Waals surface area (Å²) >= 11 is 1.44. The molecule has 0 radical (unpaired) electrons. The predicted octanol–water partition coefficient (Wildman–Crippen LogP) is 2.49. The van der Waals surface area contributed by atoms with Gasteiger partial charge in [-0.2, -0.15) is 0 Å². The topological polar surface area (TPSA) is 58.1 Å². The average molecular weight is 316 g/mol. The van der Waals surface area contributed by atoms with Crippen molar-refractivity contribution >= 4 is 22.4 Å². The van der Waals surface area contributed by atoms with Gasteiger partial charge in [0, 0.05) is 13.1 Å². The molecule has 6 heteroatoms. The van der Waals surface area contributed by atoms with Crippen molar-refractivity contribution in [1.82, 2.24) is 15.1 Å². The van der Waals surface area contributed by atoms with Crippen LogP contribution in [0, 0.1) is 0 Å². The third kappa shape index (κ3) is 3.18. The van der Waals surface area contributed by atoms with Gasteiger partial charge in [0.15, 0.2) is 0 Å². The van der Waals surface area contributed by atoms with E-state index in [4.69, 9.17) is 0 Å². The Morgan fingerprint density at radius 1 is 1.36 bits per heavy atom. The first-order valence-electron chi connectivity index (χ1n) is 7.61. The summed E-state index contributed by atoms with van der Waals surface area (Å²) in [6, 6.07) is 8.27. The highest BCUT2D eigenvalue weighted by molar-refractivity contribution is 7.15. The number of hydrogen-bond donors (Lipinski definition) is 1. The van der Waals surface area contributed by atoms with E-state index in [1.807, 2.05) is 13.8 Å². The van der Waals surface area contributed by atoms with Crippen LogP contribution in [0.4, 0.5) is 5.13 Å². The number of aryl methyl sites for hydroxylation is 1. The lowest BCUT2D eigenvalue weighted by Crippen LogP contribution is -2.44. The molecular weight excluding hydrogens is 296 g/mol. The molecule has 3 rings (SSSR count). The van der Waals surface area contributed by atoms with Gasteiger partial charge < -0.3 is 0 Å². The van der Waals surface area contributed by atoms with Crippen LogP contribution in [0.3, 0.4) is 0 Å². The maximum Gasteiger partial charge on any atom is 0.243 e. The highest BCUT2D eigenvalue weighted by Crippen LogP contribution is 2.21. The maximum absolute atomic E-state index is 12.4. The lowest BCUT2D eigenvalue weighted by atomic mass is 9.99. The SMILES string of the molecule is CCc1nnc(NC(=O)[C@@H](C)N2CCc3ccccc3C2)s1. The second-order valence-corrected chi connectivity index (χ2v) is 6.57. The molecule has 0 saturated carbocycles. The summed E-state index contributed by atoms with van der Waals surface area (Å²) in [5.74, 6) is -0.0156. The first-order valence-corrected chi connectivity index (χ1v) is 8.43. The van der Waals surface area contributed by atoms with E-state index < -0.39 is 0 Å². The number of fused-ring (bicyclic) bond motifs is 1. The molecule has 116 valence electrons. The summed E-state index contributed by atoms with van der Waals surface area (Å²) in [4.78, 5) is 14.6. The van der Waals surface area contributed by atoms with Crippen LogP contribution < -0.4 is 5.32 Å². The van der Waals surface area contributed by atoms with E-state index in [2.05, 4.69) is 44.7 Å². The monoisotopic (exact) mass is 316 g/mol. The third-order valence-corrected chi connectivity index (χ3v) is 5.07. The number of carbonyl (C=O) groups excluding carboxylic acids is 1. The summed E-state index contributed by atoms with van der Waals surface area (Å²) in [5, 5.41) is 12.4.